The van der Waals surface area contributed by atoms with Gasteiger partial charge in [-0.2, -0.15) is 0 Å². The van der Waals surface area contributed by atoms with Gasteiger partial charge >= 0.3 is 13.6 Å². The van der Waals surface area contributed by atoms with Gasteiger partial charge in [-0.3, -0.25) is 28.5 Å². The van der Waals surface area contributed by atoms with E-state index in [-0.39, 0.29) is 42.2 Å². The number of halogens is 2. The number of benzene rings is 1. The van der Waals surface area contributed by atoms with Gasteiger partial charge in [0, 0.05) is 30.1 Å². The van der Waals surface area contributed by atoms with Crippen molar-refractivity contribution in [2.45, 2.75) is 80.9 Å². The summed E-state index contributed by atoms with van der Waals surface area (Å²) in [5, 5.41) is 3.14. The fraction of sp³-hybridized carbons (Fsp3) is 0.438. The van der Waals surface area contributed by atoms with Gasteiger partial charge in [-0.15, -0.1) is 11.3 Å². The highest BCUT2D eigenvalue weighted by Gasteiger charge is 2.69. The number of thiophene rings is 1. The van der Waals surface area contributed by atoms with Gasteiger partial charge < -0.3 is 24.6 Å². The van der Waals surface area contributed by atoms with Crippen LogP contribution in [-0.4, -0.2) is 77.5 Å². The molecule has 6 amide bonds. The first-order valence-electron chi connectivity index (χ1n) is 16.1. The van der Waals surface area contributed by atoms with Crippen LogP contribution >= 0.6 is 18.9 Å². The fourth-order valence-electron chi connectivity index (χ4n) is 7.31. The van der Waals surface area contributed by atoms with Crippen LogP contribution < -0.4 is 15.8 Å². The number of aryl methyl sites for hydroxylation is 1. The van der Waals surface area contributed by atoms with Crippen LogP contribution in [0.5, 0.6) is 0 Å². The van der Waals surface area contributed by atoms with Crippen molar-refractivity contribution < 1.29 is 47.1 Å². The van der Waals surface area contributed by atoms with E-state index in [0.29, 0.717) is 40.7 Å². The zero-order valence-corrected chi connectivity index (χ0v) is 28.3. The normalized spacial score (nSPS) is 24.1. The zero-order chi connectivity index (χ0) is 35.9. The van der Waals surface area contributed by atoms with Gasteiger partial charge in [0.25, 0.3) is 23.3 Å². The molecule has 7 rings (SSSR count). The van der Waals surface area contributed by atoms with Gasteiger partial charge in [0.15, 0.2) is 5.82 Å². The van der Waals surface area contributed by atoms with E-state index in [0.717, 1.165) is 33.1 Å². The summed E-state index contributed by atoms with van der Waals surface area (Å²) in [6, 6.07) is 2.57. The Morgan fingerprint density at radius 2 is 1.76 bits per heavy atom. The number of alkyl halides is 1. The molecule has 5 heterocycles. The molecule has 18 heteroatoms. The van der Waals surface area contributed by atoms with E-state index in [9.17, 15) is 51.9 Å². The van der Waals surface area contributed by atoms with E-state index in [2.05, 4.69) is 5.32 Å². The van der Waals surface area contributed by atoms with Crippen molar-refractivity contribution in [1.29, 1.82) is 0 Å². The molecule has 1 spiro atoms. The predicted octanol–water partition coefficient (Wildman–Crippen LogP) is 3.44. The number of urea groups is 1. The van der Waals surface area contributed by atoms with E-state index < -0.39 is 77.9 Å². The summed E-state index contributed by atoms with van der Waals surface area (Å²) in [6.07, 6.45) is 3.94. The first-order valence-corrected chi connectivity index (χ1v) is 18.6. The Hall–Kier alpha value is -4.31. The maximum absolute atomic E-state index is 15.0. The molecule has 14 nitrogen and oxygen atoms in total. The largest absolute Gasteiger partial charge is 0.363 e. The van der Waals surface area contributed by atoms with Gasteiger partial charge in [-0.1, -0.05) is 18.9 Å². The Kier molecular flexibility index (Phi) is 8.32. The van der Waals surface area contributed by atoms with Crippen molar-refractivity contribution in [2.75, 3.05) is 4.90 Å². The third kappa shape index (κ3) is 5.56. The topological polar surface area (TPSA) is 187 Å². The average Bonchev–Trinajstić information content (AvgIpc) is 3.46. The summed E-state index contributed by atoms with van der Waals surface area (Å²) in [6.45, 7) is 0. The summed E-state index contributed by atoms with van der Waals surface area (Å²) in [7, 11) is -3.73. The highest BCUT2D eigenvalue weighted by molar-refractivity contribution is 7.51. The summed E-state index contributed by atoms with van der Waals surface area (Å²) >= 11 is 1.05. The van der Waals surface area contributed by atoms with E-state index in [1.807, 2.05) is 0 Å². The van der Waals surface area contributed by atoms with Crippen molar-refractivity contribution in [3.63, 3.8) is 0 Å². The van der Waals surface area contributed by atoms with E-state index >= 15 is 0 Å². The second-order valence-corrected chi connectivity index (χ2v) is 15.9. The van der Waals surface area contributed by atoms with Gasteiger partial charge in [-0.25, -0.2) is 23.4 Å². The van der Waals surface area contributed by atoms with Crippen LogP contribution in [0.15, 0.2) is 41.3 Å². The number of imide groups is 2. The van der Waals surface area contributed by atoms with Crippen LogP contribution in [0, 0.1) is 5.82 Å². The second-order valence-electron chi connectivity index (χ2n) is 13.2. The molecule has 0 bridgehead atoms. The van der Waals surface area contributed by atoms with E-state index in [4.69, 9.17) is 0 Å². The van der Waals surface area contributed by atoms with Crippen LogP contribution in [0.1, 0.15) is 72.5 Å². The number of carbonyl (C=O) groups excluding carboxylic acids is 5. The Labute approximate surface area is 286 Å². The molecule has 3 saturated heterocycles. The number of aromatic nitrogens is 1. The van der Waals surface area contributed by atoms with Crippen LogP contribution in [0.25, 0.3) is 10.1 Å². The molecular weight excluding hydrogens is 699 g/mol. The quantitative estimate of drug-likeness (QED) is 0.252. The highest BCUT2D eigenvalue weighted by Crippen LogP contribution is 2.53. The molecule has 1 aromatic carbocycles. The lowest BCUT2D eigenvalue weighted by Gasteiger charge is -2.36. The highest BCUT2D eigenvalue weighted by atomic mass is 32.1. The van der Waals surface area contributed by atoms with Crippen LogP contribution in [0.2, 0.25) is 0 Å². The Balaban J connectivity index is 1.13. The number of fused-ring (bicyclic) bond motifs is 2. The Bertz CT molecular complexity index is 2090. The third-order valence-corrected chi connectivity index (χ3v) is 12.0. The molecule has 4 atom stereocenters. The molecule has 1 unspecified atom stereocenters. The van der Waals surface area contributed by atoms with Crippen molar-refractivity contribution in [3.05, 3.63) is 63.1 Å². The lowest BCUT2D eigenvalue weighted by molar-refractivity contribution is -0.147. The summed E-state index contributed by atoms with van der Waals surface area (Å²) in [4.78, 5) is 103. The molecule has 0 radical (unpaired) electrons. The number of pyridine rings is 1. The number of hydrogen-bond donors (Lipinski definition) is 3. The van der Waals surface area contributed by atoms with Crippen molar-refractivity contribution in [3.8, 4) is 0 Å². The number of rotatable bonds is 6. The fourth-order valence-corrected chi connectivity index (χ4v) is 8.80. The van der Waals surface area contributed by atoms with Crippen LogP contribution in [0.3, 0.4) is 0 Å². The Morgan fingerprint density at radius 3 is 2.46 bits per heavy atom. The molecule has 1 aliphatic carbocycles. The third-order valence-electron chi connectivity index (χ3n) is 10.0. The Morgan fingerprint density at radius 1 is 1.04 bits per heavy atom. The minimum absolute atomic E-state index is 0.150. The number of nitrogens with one attached hydrogen (secondary N) is 1. The molecule has 3 N–H and O–H groups in total. The van der Waals surface area contributed by atoms with Crippen molar-refractivity contribution >= 4 is 64.4 Å². The predicted molar refractivity (Wildman–Crippen MR) is 174 cm³/mol. The van der Waals surface area contributed by atoms with E-state index in [1.165, 1.54) is 36.2 Å². The number of carbonyl (C=O) groups is 5. The van der Waals surface area contributed by atoms with Gasteiger partial charge in [0.1, 0.15) is 17.6 Å². The smallest absolute Gasteiger partial charge is 0.340 e. The van der Waals surface area contributed by atoms with Gasteiger partial charge in [-0.05, 0) is 67.7 Å². The lowest BCUT2D eigenvalue weighted by Crippen LogP contribution is -2.58. The van der Waals surface area contributed by atoms with Crippen molar-refractivity contribution in [1.82, 2.24) is 19.7 Å². The SMILES string of the molecule is Cn1cc(F)c(N2C(=O)N(C(=O)[C@@H]3CC[C@@H]4CCCC[C@H](NC(=O)c5cc6cc(C(F)P(=O)(O)O)ccc6s5)C(=O)N43)C3(CC3)C2=O)cc1=O. The summed E-state index contributed by atoms with van der Waals surface area (Å²) in [5.74, 6) is -6.26. The van der Waals surface area contributed by atoms with E-state index in [1.54, 1.807) is 0 Å². The van der Waals surface area contributed by atoms with Crippen molar-refractivity contribution in [2.24, 2.45) is 7.05 Å². The monoisotopic (exact) mass is 731 g/mol. The molecule has 50 heavy (non-hydrogen) atoms. The average molecular weight is 732 g/mol. The molecule has 2 aromatic heterocycles. The molecule has 4 fully saturated rings. The minimum Gasteiger partial charge on any atom is -0.340 e. The lowest BCUT2D eigenvalue weighted by atomic mass is 9.99. The molecule has 3 aliphatic heterocycles. The van der Waals surface area contributed by atoms with Crippen LogP contribution in [-0.2, 0) is 26.0 Å². The number of anilines is 1. The summed E-state index contributed by atoms with van der Waals surface area (Å²) in [5.41, 5.74) is -2.99. The first kappa shape index (κ1) is 34.2. The van der Waals surface area contributed by atoms with Crippen LogP contribution in [0.4, 0.5) is 19.3 Å². The van der Waals surface area contributed by atoms with Gasteiger partial charge in [0.05, 0.1) is 10.6 Å². The molecule has 3 aromatic rings. The molecule has 264 valence electrons. The molecule has 1 saturated carbocycles. The van der Waals surface area contributed by atoms with Gasteiger partial charge in [0.2, 0.25) is 11.8 Å². The maximum Gasteiger partial charge on any atom is 0.363 e. The number of nitrogens with zero attached hydrogens (tertiary/aromatic N) is 4. The number of hydrogen-bond acceptors (Lipinski definition) is 8. The maximum atomic E-state index is 15.0. The second kappa shape index (κ2) is 12.2. The molecule has 4 aliphatic rings. The zero-order valence-electron chi connectivity index (χ0n) is 26.6. The molecular formula is C32H32F2N5O9PS. The minimum atomic E-state index is -5.05. The number of amides is 6. The summed E-state index contributed by atoms with van der Waals surface area (Å²) < 4.78 is 42.2. The standard InChI is InChI=1S/C32H32F2N5O9PS/c1-36-15-19(33)22(14-25(36)40)38-30(44)32(10-11-32)39(31(38)45)29(43)21-8-7-18-4-2-3-5-20(28(42)37(18)21)35-27(41)24-13-17-12-16(6-9-23(17)50-24)26(34)49(46,47)48/h6,9,12-15,18,20-21,26H,2-5,7-8,10-11H2,1H3,(H,35,41)(H2,46,47,48)/t18-,20-,21-,26?/m0/s1. The first-order chi connectivity index (χ1) is 23.6.